The number of primary amides is 1. The average Bonchev–Trinajstić information content (AvgIpc) is 2.32. The molecule has 3 N–H and O–H groups in total. The number of nitrogens with zero attached hydrogens (tertiary/aromatic N) is 1. The second-order valence-corrected chi connectivity index (χ2v) is 3.66. The number of rotatable bonds is 3. The number of amides is 1. The van der Waals surface area contributed by atoms with Gasteiger partial charge in [0.05, 0.1) is 0 Å². The van der Waals surface area contributed by atoms with E-state index in [-0.39, 0.29) is 12.3 Å². The molecule has 0 heterocycles. The third-order valence-corrected chi connectivity index (χ3v) is 2.42. The Hall–Kier alpha value is -2.36. The number of aliphatic imine (C=N–C) groups is 1. The zero-order valence-electron chi connectivity index (χ0n) is 9.13. The van der Waals surface area contributed by atoms with Crippen LogP contribution in [0.5, 0.6) is 5.75 Å². The van der Waals surface area contributed by atoms with E-state index >= 15 is 0 Å². The lowest BCUT2D eigenvalue weighted by Gasteiger charge is -2.04. The van der Waals surface area contributed by atoms with Gasteiger partial charge in [-0.25, -0.2) is 0 Å². The Labute approximate surface area is 98.4 Å². The molecule has 0 spiro atoms. The van der Waals surface area contributed by atoms with Crippen molar-refractivity contribution in [2.24, 2.45) is 10.7 Å². The largest absolute Gasteiger partial charge is 0.507 e. The molecule has 0 aliphatic rings. The molecule has 2 rings (SSSR count). The Morgan fingerprint density at radius 1 is 1.29 bits per heavy atom. The van der Waals surface area contributed by atoms with Crippen LogP contribution in [0.4, 0.5) is 0 Å². The fourth-order valence-electron chi connectivity index (χ4n) is 1.65. The number of carbonyl (C=O) groups is 1. The monoisotopic (exact) mass is 228 g/mol. The predicted octanol–water partition coefficient (Wildman–Crippen LogP) is 1.45. The van der Waals surface area contributed by atoms with E-state index in [0.29, 0.717) is 5.56 Å². The van der Waals surface area contributed by atoms with Crippen LogP contribution >= 0.6 is 0 Å². The minimum absolute atomic E-state index is 0.0807. The first kappa shape index (κ1) is 11.1. The zero-order chi connectivity index (χ0) is 12.3. The standard InChI is InChI=1S/C13H12N2O2/c14-13(17)8-15-7-11-10-4-2-1-3-9(10)5-6-12(11)16/h1-7,16H,8H2,(H2,14,17). The third-order valence-electron chi connectivity index (χ3n) is 2.42. The Balaban J connectivity index is 2.47. The van der Waals surface area contributed by atoms with Crippen molar-refractivity contribution in [3.8, 4) is 5.75 Å². The van der Waals surface area contributed by atoms with Crippen LogP contribution in [0.25, 0.3) is 10.8 Å². The van der Waals surface area contributed by atoms with Gasteiger partial charge in [-0.2, -0.15) is 0 Å². The molecule has 4 nitrogen and oxygen atoms in total. The highest BCUT2D eigenvalue weighted by molar-refractivity contribution is 6.02. The van der Waals surface area contributed by atoms with Gasteiger partial charge in [-0.1, -0.05) is 30.3 Å². The predicted molar refractivity (Wildman–Crippen MR) is 67.3 cm³/mol. The van der Waals surface area contributed by atoms with Crippen LogP contribution in [0, 0.1) is 0 Å². The van der Waals surface area contributed by atoms with Crippen molar-refractivity contribution >= 4 is 22.9 Å². The molecule has 0 bridgehead atoms. The molecule has 0 fully saturated rings. The second kappa shape index (κ2) is 4.65. The van der Waals surface area contributed by atoms with Crippen LogP contribution in [0.3, 0.4) is 0 Å². The van der Waals surface area contributed by atoms with Crippen molar-refractivity contribution in [3.05, 3.63) is 42.0 Å². The Bertz CT molecular complexity index is 591. The fourth-order valence-corrected chi connectivity index (χ4v) is 1.65. The van der Waals surface area contributed by atoms with Crippen LogP contribution < -0.4 is 5.73 Å². The highest BCUT2D eigenvalue weighted by Gasteiger charge is 2.03. The lowest BCUT2D eigenvalue weighted by Crippen LogP contribution is -2.14. The molecule has 86 valence electrons. The van der Waals surface area contributed by atoms with Crippen LogP contribution in [-0.2, 0) is 4.79 Å². The molecule has 0 aliphatic carbocycles. The van der Waals surface area contributed by atoms with E-state index in [2.05, 4.69) is 4.99 Å². The molecule has 0 aromatic heterocycles. The number of benzene rings is 2. The topological polar surface area (TPSA) is 75.7 Å². The van der Waals surface area contributed by atoms with Crippen LogP contribution in [0.15, 0.2) is 41.4 Å². The molecule has 0 atom stereocenters. The molecular weight excluding hydrogens is 216 g/mol. The van der Waals surface area contributed by atoms with Crippen molar-refractivity contribution in [2.75, 3.05) is 6.54 Å². The van der Waals surface area contributed by atoms with Crippen molar-refractivity contribution in [1.29, 1.82) is 0 Å². The van der Waals surface area contributed by atoms with Gasteiger partial charge in [-0.05, 0) is 16.8 Å². The molecule has 0 aliphatic heterocycles. The van der Waals surface area contributed by atoms with Gasteiger partial charge in [-0.15, -0.1) is 0 Å². The molecule has 2 aromatic rings. The van der Waals surface area contributed by atoms with E-state index < -0.39 is 5.91 Å². The SMILES string of the molecule is NC(=O)CN=Cc1c(O)ccc2ccccc12. The molecule has 0 saturated heterocycles. The first-order valence-corrected chi connectivity index (χ1v) is 5.17. The number of hydrogen-bond donors (Lipinski definition) is 2. The summed E-state index contributed by atoms with van der Waals surface area (Å²) in [5.74, 6) is -0.363. The summed E-state index contributed by atoms with van der Waals surface area (Å²) in [4.78, 5) is 14.5. The summed E-state index contributed by atoms with van der Waals surface area (Å²) in [6.07, 6.45) is 1.47. The maximum atomic E-state index is 10.6. The Morgan fingerprint density at radius 2 is 2.06 bits per heavy atom. The van der Waals surface area contributed by atoms with Gasteiger partial charge in [-0.3, -0.25) is 9.79 Å². The van der Waals surface area contributed by atoms with E-state index in [4.69, 9.17) is 5.73 Å². The summed E-state index contributed by atoms with van der Waals surface area (Å²) in [7, 11) is 0. The van der Waals surface area contributed by atoms with Crippen LogP contribution in [-0.4, -0.2) is 23.8 Å². The lowest BCUT2D eigenvalue weighted by atomic mass is 10.0. The number of nitrogens with two attached hydrogens (primary N) is 1. The second-order valence-electron chi connectivity index (χ2n) is 3.66. The fraction of sp³-hybridized carbons (Fsp3) is 0.0769. The summed E-state index contributed by atoms with van der Waals surface area (Å²) in [6, 6.07) is 11.1. The van der Waals surface area contributed by atoms with Gasteiger partial charge in [0, 0.05) is 11.8 Å². The highest BCUT2D eigenvalue weighted by atomic mass is 16.3. The summed E-state index contributed by atoms with van der Waals surface area (Å²) in [6.45, 7) is -0.0807. The quantitative estimate of drug-likeness (QED) is 0.780. The first-order valence-electron chi connectivity index (χ1n) is 5.17. The average molecular weight is 228 g/mol. The normalized spacial score (nSPS) is 11.1. The zero-order valence-corrected chi connectivity index (χ0v) is 9.13. The summed E-state index contributed by atoms with van der Waals surface area (Å²) < 4.78 is 0. The maximum absolute atomic E-state index is 10.6. The Kier molecular flexibility index (Phi) is 3.05. The molecule has 4 heteroatoms. The number of phenols is 1. The minimum Gasteiger partial charge on any atom is -0.507 e. The molecule has 0 radical (unpaired) electrons. The van der Waals surface area contributed by atoms with Gasteiger partial charge in [0.15, 0.2) is 0 Å². The van der Waals surface area contributed by atoms with E-state index in [0.717, 1.165) is 10.8 Å². The Morgan fingerprint density at radius 3 is 2.82 bits per heavy atom. The van der Waals surface area contributed by atoms with Gasteiger partial charge in [0.2, 0.25) is 5.91 Å². The van der Waals surface area contributed by atoms with E-state index in [1.165, 1.54) is 6.21 Å². The van der Waals surface area contributed by atoms with Gasteiger partial charge in [0.1, 0.15) is 12.3 Å². The summed E-state index contributed by atoms with van der Waals surface area (Å²) in [5, 5.41) is 11.7. The van der Waals surface area contributed by atoms with Crippen molar-refractivity contribution in [1.82, 2.24) is 0 Å². The number of hydrogen-bond acceptors (Lipinski definition) is 3. The van der Waals surface area contributed by atoms with Crippen LogP contribution in [0.2, 0.25) is 0 Å². The smallest absolute Gasteiger partial charge is 0.239 e. The number of fused-ring (bicyclic) bond motifs is 1. The van der Waals surface area contributed by atoms with Crippen molar-refractivity contribution < 1.29 is 9.90 Å². The number of phenolic OH excluding ortho intramolecular Hbond substituents is 1. The molecule has 17 heavy (non-hydrogen) atoms. The molecule has 0 unspecified atom stereocenters. The number of carbonyl (C=O) groups excluding carboxylic acids is 1. The maximum Gasteiger partial charge on any atom is 0.239 e. The molecule has 0 saturated carbocycles. The number of aromatic hydroxyl groups is 1. The molecule has 2 aromatic carbocycles. The van der Waals surface area contributed by atoms with Crippen molar-refractivity contribution in [3.63, 3.8) is 0 Å². The summed E-state index contributed by atoms with van der Waals surface area (Å²) in [5.41, 5.74) is 5.59. The highest BCUT2D eigenvalue weighted by Crippen LogP contribution is 2.25. The van der Waals surface area contributed by atoms with Gasteiger partial charge < -0.3 is 10.8 Å². The lowest BCUT2D eigenvalue weighted by molar-refractivity contribution is -0.116. The van der Waals surface area contributed by atoms with E-state index in [9.17, 15) is 9.90 Å². The van der Waals surface area contributed by atoms with Gasteiger partial charge in [0.25, 0.3) is 0 Å². The minimum atomic E-state index is -0.499. The van der Waals surface area contributed by atoms with E-state index in [1.54, 1.807) is 6.07 Å². The van der Waals surface area contributed by atoms with Crippen LogP contribution in [0.1, 0.15) is 5.56 Å². The van der Waals surface area contributed by atoms with Crippen molar-refractivity contribution in [2.45, 2.75) is 0 Å². The van der Waals surface area contributed by atoms with Gasteiger partial charge >= 0.3 is 0 Å². The molecular formula is C13H12N2O2. The van der Waals surface area contributed by atoms with E-state index in [1.807, 2.05) is 30.3 Å². The first-order chi connectivity index (χ1) is 8.18. The summed E-state index contributed by atoms with van der Waals surface area (Å²) >= 11 is 0. The molecule has 1 amide bonds. The third kappa shape index (κ3) is 2.42.